The molecule has 58 heavy (non-hydrogen) atoms. The zero-order valence-corrected chi connectivity index (χ0v) is 36.3. The van der Waals surface area contributed by atoms with Gasteiger partial charge in [-0.15, -0.1) is 0 Å². The number of benzene rings is 1. The number of nitrogens with zero attached hydrogens (tertiary/aromatic N) is 4. The first-order valence-electron chi connectivity index (χ1n) is 21.1. The van der Waals surface area contributed by atoms with Crippen LogP contribution in [0.3, 0.4) is 0 Å². The summed E-state index contributed by atoms with van der Waals surface area (Å²) < 4.78 is 0. The molecule has 2 saturated heterocycles. The van der Waals surface area contributed by atoms with Crippen molar-refractivity contribution in [2.45, 2.75) is 137 Å². The molecule has 3 N–H and O–H groups in total. The number of likely N-dealkylation sites (N-methyl/N-ethyl adjacent to an activating group) is 2. The average Bonchev–Trinajstić information content (AvgIpc) is 3.67. The Morgan fingerprint density at radius 3 is 1.71 bits per heavy atom. The predicted molar refractivity (Wildman–Crippen MR) is 225 cm³/mol. The molecule has 0 unspecified atom stereocenters. The van der Waals surface area contributed by atoms with Crippen molar-refractivity contribution >= 4 is 35.4 Å². The summed E-state index contributed by atoms with van der Waals surface area (Å²) in [5.41, 5.74) is 2.46. The summed E-state index contributed by atoms with van der Waals surface area (Å²) in [6.07, 6.45) is 4.05. The Balaban J connectivity index is 1.81. The number of nitrogens with one attached hydrogen (secondary N) is 3. The van der Waals surface area contributed by atoms with Crippen LogP contribution >= 0.6 is 0 Å². The van der Waals surface area contributed by atoms with E-state index < -0.39 is 65.8 Å². The summed E-state index contributed by atoms with van der Waals surface area (Å²) in [5.74, 6) is -2.63. The van der Waals surface area contributed by atoms with Gasteiger partial charge in [0.15, 0.2) is 0 Å². The molecule has 0 saturated carbocycles. The predicted octanol–water partition coefficient (Wildman–Crippen LogP) is 4.59. The molecule has 2 aromatic rings. The minimum atomic E-state index is -1.10. The molecule has 13 heteroatoms. The van der Waals surface area contributed by atoms with Crippen LogP contribution in [0.25, 0.3) is 11.3 Å². The minimum Gasteiger partial charge on any atom is -0.342 e. The van der Waals surface area contributed by atoms with E-state index >= 15 is 0 Å². The largest absolute Gasteiger partial charge is 0.342 e. The highest BCUT2D eigenvalue weighted by Crippen LogP contribution is 2.24. The molecule has 1 aromatic heterocycles. The minimum absolute atomic E-state index is 0.00873. The maximum Gasteiger partial charge on any atom is 0.245 e. The molecule has 13 nitrogen and oxygen atoms in total. The van der Waals surface area contributed by atoms with Crippen LogP contribution in [0.15, 0.2) is 48.7 Å². The molecule has 318 valence electrons. The highest BCUT2D eigenvalue weighted by Gasteiger charge is 2.42. The number of fused-ring (bicyclic) bond motifs is 1. The second kappa shape index (κ2) is 20.7. The second-order valence-corrected chi connectivity index (χ2v) is 17.9. The Kier molecular flexibility index (Phi) is 16.4. The van der Waals surface area contributed by atoms with E-state index in [0.29, 0.717) is 38.6 Å². The molecule has 6 atom stereocenters. The van der Waals surface area contributed by atoms with Gasteiger partial charge in [0.2, 0.25) is 35.4 Å². The Morgan fingerprint density at radius 2 is 1.14 bits per heavy atom. The van der Waals surface area contributed by atoms with Crippen LogP contribution in [0.1, 0.15) is 99.5 Å². The number of hydrogen-bond donors (Lipinski definition) is 3. The number of hydrogen-bond acceptors (Lipinski definition) is 7. The van der Waals surface area contributed by atoms with E-state index in [1.165, 1.54) is 14.7 Å². The van der Waals surface area contributed by atoms with E-state index in [4.69, 9.17) is 0 Å². The first-order chi connectivity index (χ1) is 27.4. The van der Waals surface area contributed by atoms with Crippen molar-refractivity contribution in [2.75, 3.05) is 20.6 Å². The fourth-order valence-corrected chi connectivity index (χ4v) is 8.03. The van der Waals surface area contributed by atoms with Crippen LogP contribution in [-0.2, 0) is 35.2 Å². The van der Waals surface area contributed by atoms with Crippen molar-refractivity contribution in [1.82, 2.24) is 35.6 Å². The van der Waals surface area contributed by atoms with Crippen molar-refractivity contribution < 1.29 is 28.8 Å². The van der Waals surface area contributed by atoms with E-state index in [0.717, 1.165) is 16.8 Å². The Bertz CT molecular complexity index is 1730. The Hall–Kier alpha value is -4.81. The summed E-state index contributed by atoms with van der Waals surface area (Å²) in [4.78, 5) is 95.4. The van der Waals surface area contributed by atoms with Crippen LogP contribution in [0.5, 0.6) is 0 Å². The molecule has 0 radical (unpaired) electrons. The van der Waals surface area contributed by atoms with Crippen molar-refractivity contribution in [3.05, 3.63) is 54.2 Å². The zero-order chi connectivity index (χ0) is 42.8. The second-order valence-electron chi connectivity index (χ2n) is 17.9. The van der Waals surface area contributed by atoms with E-state index in [9.17, 15) is 28.8 Å². The first kappa shape index (κ1) is 45.9. The summed E-state index contributed by atoms with van der Waals surface area (Å²) in [6, 6.07) is 7.47. The lowest BCUT2D eigenvalue weighted by Gasteiger charge is -2.38. The van der Waals surface area contributed by atoms with Crippen molar-refractivity contribution in [3.8, 4) is 11.3 Å². The molecule has 2 aliphatic rings. The molecule has 6 amide bonds. The van der Waals surface area contributed by atoms with E-state index in [1.807, 2.05) is 97.9 Å². The molecule has 2 aliphatic heterocycles. The molecule has 2 fully saturated rings. The summed E-state index contributed by atoms with van der Waals surface area (Å²) in [5, 5.41) is 8.94. The standard InChI is InChI=1S/C45H67N7O6/c1-27(2)22-35-43(56)51(10)39(25-30(7)8)45(58)50(9)38(24-29(5)6)42(55)49-36(23-28(3)4)44(57)52-21-13-15-37(52)41(54)47-34(40(53)48-35)26-31-16-18-32(19-17-31)33-14-11-12-20-46-33/h11-12,14,16-20,27-30,34-39H,13,15,21-26H2,1-10H3,(H,47,54)(H,48,53)(H,49,55)/t34-,35-,36-,37+,38-,39+/m0/s1. The van der Waals surface area contributed by atoms with Gasteiger partial charge in [0, 0.05) is 38.8 Å². The summed E-state index contributed by atoms with van der Waals surface area (Å²) in [7, 11) is 3.16. The molecular weight excluding hydrogens is 735 g/mol. The van der Waals surface area contributed by atoms with Gasteiger partial charge in [-0.25, -0.2) is 0 Å². The van der Waals surface area contributed by atoms with Gasteiger partial charge in [0.1, 0.15) is 36.3 Å². The first-order valence-corrected chi connectivity index (χ1v) is 21.1. The summed E-state index contributed by atoms with van der Waals surface area (Å²) in [6.45, 7) is 16.0. The van der Waals surface area contributed by atoms with Crippen molar-refractivity contribution in [3.63, 3.8) is 0 Å². The number of carbonyl (C=O) groups is 6. The van der Waals surface area contributed by atoms with E-state index in [2.05, 4.69) is 20.9 Å². The number of aromatic nitrogens is 1. The molecule has 0 spiro atoms. The van der Waals surface area contributed by atoms with E-state index in [1.54, 1.807) is 20.3 Å². The quantitative estimate of drug-likeness (QED) is 0.300. The number of carbonyl (C=O) groups excluding carboxylic acids is 6. The van der Waals surface area contributed by atoms with Gasteiger partial charge < -0.3 is 30.7 Å². The number of rotatable bonds is 11. The van der Waals surface area contributed by atoms with Crippen molar-refractivity contribution in [1.29, 1.82) is 0 Å². The van der Waals surface area contributed by atoms with Gasteiger partial charge in [-0.1, -0.05) is 85.7 Å². The van der Waals surface area contributed by atoms with Crippen molar-refractivity contribution in [2.24, 2.45) is 23.7 Å². The third-order valence-electron chi connectivity index (χ3n) is 11.1. The smallest absolute Gasteiger partial charge is 0.245 e. The van der Waals surface area contributed by atoms with Crippen LogP contribution in [0.4, 0.5) is 0 Å². The van der Waals surface area contributed by atoms with Crippen LogP contribution in [0, 0.1) is 23.7 Å². The Morgan fingerprint density at radius 1 is 0.603 bits per heavy atom. The maximum absolute atomic E-state index is 14.6. The summed E-state index contributed by atoms with van der Waals surface area (Å²) >= 11 is 0. The number of amides is 6. The highest BCUT2D eigenvalue weighted by molar-refractivity contribution is 5.98. The number of pyridine rings is 1. The average molecular weight is 802 g/mol. The van der Waals surface area contributed by atoms with Gasteiger partial charge in [0.25, 0.3) is 0 Å². The molecule has 3 heterocycles. The molecule has 4 rings (SSSR count). The third-order valence-corrected chi connectivity index (χ3v) is 11.1. The SMILES string of the molecule is CC(C)C[C@@H]1NC(=O)[C@H](Cc2ccc(-c3ccccn3)cc2)NC(=O)[C@H]2CCCN2C(=O)[C@H](CC(C)C)NC(=O)[C@H](CC(C)C)N(C)C(=O)[C@@H](CC(C)C)N(C)C1=O. The molecular formula is C45H67N7O6. The molecule has 0 bridgehead atoms. The zero-order valence-electron chi connectivity index (χ0n) is 36.3. The molecule has 1 aromatic carbocycles. The van der Waals surface area contributed by atoms with Crippen LogP contribution in [-0.4, -0.2) is 112 Å². The van der Waals surface area contributed by atoms with Gasteiger partial charge in [-0.05, 0) is 79.9 Å². The fraction of sp³-hybridized carbons (Fsp3) is 0.622. The lowest BCUT2D eigenvalue weighted by Crippen LogP contribution is -2.62. The monoisotopic (exact) mass is 802 g/mol. The highest BCUT2D eigenvalue weighted by atomic mass is 16.2. The molecule has 0 aliphatic carbocycles. The lowest BCUT2D eigenvalue weighted by molar-refractivity contribution is -0.150. The third kappa shape index (κ3) is 12.1. The van der Waals surface area contributed by atoms with E-state index in [-0.39, 0.29) is 42.4 Å². The van der Waals surface area contributed by atoms with Crippen LogP contribution in [0.2, 0.25) is 0 Å². The Labute approximate surface area is 345 Å². The maximum atomic E-state index is 14.6. The normalized spacial score (nSPS) is 24.6. The van der Waals surface area contributed by atoms with Gasteiger partial charge >= 0.3 is 0 Å². The lowest BCUT2D eigenvalue weighted by atomic mass is 9.95. The fourth-order valence-electron chi connectivity index (χ4n) is 8.03. The van der Waals surface area contributed by atoms with Crippen LogP contribution < -0.4 is 16.0 Å². The van der Waals surface area contributed by atoms with Gasteiger partial charge in [-0.2, -0.15) is 0 Å². The van der Waals surface area contributed by atoms with Gasteiger partial charge in [-0.3, -0.25) is 33.8 Å². The topological polar surface area (TPSA) is 161 Å². The van der Waals surface area contributed by atoms with Gasteiger partial charge in [0.05, 0.1) is 5.69 Å².